The minimum Gasteiger partial charge on any atom is -0.460 e. The zero-order chi connectivity index (χ0) is 17.1. The molecule has 0 bridgehead atoms. The molecule has 0 saturated carbocycles. The van der Waals surface area contributed by atoms with Crippen LogP contribution < -0.4 is 10.7 Å². The van der Waals surface area contributed by atoms with Crippen molar-refractivity contribution in [1.82, 2.24) is 0 Å². The van der Waals surface area contributed by atoms with Gasteiger partial charge in [-0.3, -0.25) is 9.59 Å². The molecule has 0 saturated heterocycles. The van der Waals surface area contributed by atoms with Crippen molar-refractivity contribution >= 4 is 22.6 Å². The second-order valence-electron chi connectivity index (χ2n) is 5.80. The molecule has 0 aliphatic carbocycles. The first-order chi connectivity index (χ1) is 11.6. The molecule has 1 N–H and O–H groups in total. The first kappa shape index (κ1) is 16.0. The van der Waals surface area contributed by atoms with E-state index in [-0.39, 0.29) is 11.0 Å². The van der Waals surface area contributed by atoms with Crippen molar-refractivity contribution in [2.75, 3.05) is 5.32 Å². The van der Waals surface area contributed by atoms with Crippen molar-refractivity contribution in [2.24, 2.45) is 0 Å². The quantitative estimate of drug-likeness (QED) is 0.779. The highest BCUT2D eigenvalue weighted by Gasteiger charge is 2.20. The second kappa shape index (κ2) is 6.71. The Labute approximate surface area is 140 Å². The summed E-state index contributed by atoms with van der Waals surface area (Å²) < 4.78 is 5.84. The number of fused-ring (bicyclic) bond motifs is 1. The third-order valence-corrected chi connectivity index (χ3v) is 3.85. The van der Waals surface area contributed by atoms with Gasteiger partial charge in [0.05, 0.1) is 5.39 Å². The van der Waals surface area contributed by atoms with Crippen molar-refractivity contribution in [2.45, 2.75) is 26.7 Å². The number of carbonyl (C=O) groups excluding carboxylic acids is 1. The van der Waals surface area contributed by atoms with Gasteiger partial charge < -0.3 is 9.73 Å². The summed E-state index contributed by atoms with van der Waals surface area (Å²) in [5, 5.41) is 3.23. The highest BCUT2D eigenvalue weighted by atomic mass is 16.3. The summed E-state index contributed by atoms with van der Waals surface area (Å²) in [7, 11) is 0. The van der Waals surface area contributed by atoms with E-state index in [1.807, 2.05) is 38.1 Å². The van der Waals surface area contributed by atoms with Gasteiger partial charge in [0.1, 0.15) is 16.9 Å². The molecule has 1 aromatic heterocycles. The number of carbonyl (C=O) groups is 1. The normalized spacial score (nSPS) is 10.8. The maximum atomic E-state index is 12.8. The van der Waals surface area contributed by atoms with Crippen molar-refractivity contribution < 1.29 is 9.21 Å². The lowest BCUT2D eigenvalue weighted by Gasteiger charge is -2.10. The first-order valence-corrected chi connectivity index (χ1v) is 8.03. The van der Waals surface area contributed by atoms with Gasteiger partial charge in [-0.15, -0.1) is 0 Å². The van der Waals surface area contributed by atoms with Crippen LogP contribution in [0.3, 0.4) is 0 Å². The monoisotopic (exact) mass is 321 g/mol. The van der Waals surface area contributed by atoms with E-state index < -0.39 is 5.91 Å². The van der Waals surface area contributed by atoms with Crippen LogP contribution >= 0.6 is 0 Å². The Morgan fingerprint density at radius 3 is 2.67 bits per heavy atom. The highest BCUT2D eigenvalue weighted by molar-refractivity contribution is 6.06. The van der Waals surface area contributed by atoms with E-state index in [2.05, 4.69) is 5.32 Å². The predicted molar refractivity (Wildman–Crippen MR) is 95.6 cm³/mol. The zero-order valence-corrected chi connectivity index (χ0v) is 13.8. The molecule has 2 aromatic carbocycles. The number of hydrogen-bond acceptors (Lipinski definition) is 3. The van der Waals surface area contributed by atoms with Crippen LogP contribution in [0.5, 0.6) is 0 Å². The smallest absolute Gasteiger partial charge is 0.263 e. The van der Waals surface area contributed by atoms with E-state index in [9.17, 15) is 9.59 Å². The Kier molecular flexibility index (Phi) is 4.47. The van der Waals surface area contributed by atoms with E-state index in [0.717, 1.165) is 12.0 Å². The molecule has 3 rings (SSSR count). The molecular formula is C20H19NO3. The first-order valence-electron chi connectivity index (χ1n) is 8.03. The molecule has 122 valence electrons. The summed E-state index contributed by atoms with van der Waals surface area (Å²) in [4.78, 5) is 25.5. The Hall–Kier alpha value is -2.88. The average Bonchev–Trinajstić information content (AvgIpc) is 2.55. The van der Waals surface area contributed by atoms with Crippen molar-refractivity contribution in [3.05, 3.63) is 75.6 Å². The molecule has 0 aliphatic rings. The fourth-order valence-corrected chi connectivity index (χ4v) is 2.74. The lowest BCUT2D eigenvalue weighted by molar-refractivity contribution is 0.102. The van der Waals surface area contributed by atoms with Gasteiger partial charge in [-0.05, 0) is 43.2 Å². The number of amides is 1. The summed E-state index contributed by atoms with van der Waals surface area (Å²) in [5.74, 6) is 0.00917. The van der Waals surface area contributed by atoms with Gasteiger partial charge in [0.2, 0.25) is 5.43 Å². The molecule has 4 nitrogen and oxygen atoms in total. The van der Waals surface area contributed by atoms with Crippen LogP contribution in [0.15, 0.2) is 57.7 Å². The standard InChI is InChI=1S/C20H19NO3/c1-3-7-17-18(19(22)15-10-4-5-11-16(15)24-17)20(23)21-14-9-6-8-13(2)12-14/h4-6,8-12H,3,7H2,1-2H3,(H,21,23). The number of nitrogens with one attached hydrogen (secondary N) is 1. The van der Waals surface area contributed by atoms with Crippen molar-refractivity contribution in [3.8, 4) is 0 Å². The van der Waals surface area contributed by atoms with E-state index in [0.29, 0.717) is 28.8 Å². The summed E-state index contributed by atoms with van der Waals surface area (Å²) in [6, 6.07) is 14.5. The van der Waals surface area contributed by atoms with Crippen molar-refractivity contribution in [1.29, 1.82) is 0 Å². The van der Waals surface area contributed by atoms with Gasteiger partial charge in [0, 0.05) is 12.1 Å². The second-order valence-corrected chi connectivity index (χ2v) is 5.80. The number of hydrogen-bond donors (Lipinski definition) is 1. The molecule has 24 heavy (non-hydrogen) atoms. The molecule has 4 heteroatoms. The van der Waals surface area contributed by atoms with E-state index >= 15 is 0 Å². The number of benzene rings is 2. The van der Waals surface area contributed by atoms with Crippen LogP contribution in [0.2, 0.25) is 0 Å². The number of para-hydroxylation sites is 1. The topological polar surface area (TPSA) is 59.3 Å². The van der Waals surface area contributed by atoms with Gasteiger partial charge in [0.15, 0.2) is 0 Å². The Morgan fingerprint density at radius 1 is 1.12 bits per heavy atom. The SMILES string of the molecule is CCCc1oc2ccccc2c(=O)c1C(=O)Nc1cccc(C)c1. The van der Waals surface area contributed by atoms with Crippen LogP contribution in [0.1, 0.15) is 35.0 Å². The summed E-state index contributed by atoms with van der Waals surface area (Å²) in [5.41, 5.74) is 2.02. The predicted octanol–water partition coefficient (Wildman–Crippen LogP) is 4.31. The maximum absolute atomic E-state index is 12.8. The Bertz CT molecular complexity index is 957. The van der Waals surface area contributed by atoms with Crippen LogP contribution in [-0.2, 0) is 6.42 Å². The van der Waals surface area contributed by atoms with Gasteiger partial charge in [-0.2, -0.15) is 0 Å². The summed E-state index contributed by atoms with van der Waals surface area (Å²) in [6.45, 7) is 3.93. The fraction of sp³-hybridized carbons (Fsp3) is 0.200. The van der Waals surface area contributed by atoms with Crippen molar-refractivity contribution in [3.63, 3.8) is 0 Å². The van der Waals surface area contributed by atoms with E-state index in [1.165, 1.54) is 0 Å². The molecule has 0 radical (unpaired) electrons. The average molecular weight is 321 g/mol. The largest absolute Gasteiger partial charge is 0.460 e. The van der Waals surface area contributed by atoms with Crippen LogP contribution in [0.25, 0.3) is 11.0 Å². The Morgan fingerprint density at radius 2 is 1.92 bits per heavy atom. The number of aryl methyl sites for hydroxylation is 2. The molecule has 1 heterocycles. The third-order valence-electron chi connectivity index (χ3n) is 3.85. The number of anilines is 1. The molecule has 0 fully saturated rings. The fourth-order valence-electron chi connectivity index (χ4n) is 2.74. The third kappa shape index (κ3) is 3.08. The van der Waals surface area contributed by atoms with E-state index in [4.69, 9.17) is 4.42 Å². The molecule has 0 aliphatic heterocycles. The van der Waals surface area contributed by atoms with Gasteiger partial charge >= 0.3 is 0 Å². The molecule has 3 aromatic rings. The maximum Gasteiger partial charge on any atom is 0.263 e. The molecule has 0 spiro atoms. The Balaban J connectivity index is 2.09. The van der Waals surface area contributed by atoms with Gasteiger partial charge in [0.25, 0.3) is 5.91 Å². The van der Waals surface area contributed by atoms with Crippen LogP contribution in [0, 0.1) is 6.92 Å². The lowest BCUT2D eigenvalue weighted by Crippen LogP contribution is -2.24. The summed E-state index contributed by atoms with van der Waals surface area (Å²) >= 11 is 0. The minimum absolute atomic E-state index is 0.0945. The van der Waals surface area contributed by atoms with Crippen LogP contribution in [-0.4, -0.2) is 5.91 Å². The summed E-state index contributed by atoms with van der Waals surface area (Å²) in [6.07, 6.45) is 1.32. The highest BCUT2D eigenvalue weighted by Crippen LogP contribution is 2.19. The van der Waals surface area contributed by atoms with Gasteiger partial charge in [-0.25, -0.2) is 0 Å². The molecular weight excluding hydrogens is 302 g/mol. The lowest BCUT2D eigenvalue weighted by atomic mass is 10.1. The molecule has 1 amide bonds. The number of rotatable bonds is 4. The van der Waals surface area contributed by atoms with Crippen LogP contribution in [0.4, 0.5) is 5.69 Å². The minimum atomic E-state index is -0.427. The zero-order valence-electron chi connectivity index (χ0n) is 13.8. The molecule has 0 atom stereocenters. The van der Waals surface area contributed by atoms with E-state index in [1.54, 1.807) is 24.3 Å². The molecule has 0 unspecified atom stereocenters. The van der Waals surface area contributed by atoms with Gasteiger partial charge in [-0.1, -0.05) is 31.2 Å².